The summed E-state index contributed by atoms with van der Waals surface area (Å²) in [5, 5.41) is 4.11. The summed E-state index contributed by atoms with van der Waals surface area (Å²) in [7, 11) is 0. The number of carbonyl (C=O) groups excluding carboxylic acids is 1. The second-order valence-corrected chi connectivity index (χ2v) is 3.22. The van der Waals surface area contributed by atoms with Gasteiger partial charge in [0.1, 0.15) is 11.5 Å². The van der Waals surface area contributed by atoms with Gasteiger partial charge in [0.05, 0.1) is 11.4 Å². The third-order valence-corrected chi connectivity index (χ3v) is 2.03. The molecule has 0 fully saturated rings. The fraction of sp³-hybridized carbons (Fsp3) is 0.0909. The van der Waals surface area contributed by atoms with Crippen molar-refractivity contribution in [3.05, 3.63) is 47.5 Å². The summed E-state index contributed by atoms with van der Waals surface area (Å²) < 4.78 is 14.4. The normalized spacial score (nSPS) is 10.3. The molecule has 0 bridgehead atoms. The van der Waals surface area contributed by atoms with E-state index >= 15 is 0 Å². The number of benzene rings is 1. The molecular formula is C11H9FN2O. The topological polar surface area (TPSA) is 34.9 Å². The van der Waals surface area contributed by atoms with Crippen LogP contribution in [0.1, 0.15) is 16.2 Å². The van der Waals surface area contributed by atoms with Gasteiger partial charge in [-0.05, 0) is 31.2 Å². The van der Waals surface area contributed by atoms with Gasteiger partial charge < -0.3 is 0 Å². The number of rotatable bonds is 2. The largest absolute Gasteiger partial charge is 0.296 e. The van der Waals surface area contributed by atoms with Crippen LogP contribution in [-0.2, 0) is 0 Å². The maximum absolute atomic E-state index is 13.0. The number of carbonyl (C=O) groups is 1. The summed E-state index contributed by atoms with van der Waals surface area (Å²) in [5.74, 6) is -0.350. The van der Waals surface area contributed by atoms with Crippen molar-refractivity contribution < 1.29 is 9.18 Å². The molecule has 0 aliphatic heterocycles. The number of hydrogen-bond donors (Lipinski definition) is 0. The summed E-state index contributed by atoms with van der Waals surface area (Å²) >= 11 is 0. The van der Waals surface area contributed by atoms with Gasteiger partial charge in [-0.15, -0.1) is 0 Å². The van der Waals surface area contributed by atoms with E-state index in [-0.39, 0.29) is 5.82 Å². The molecule has 0 aliphatic carbocycles. The van der Waals surface area contributed by atoms with Gasteiger partial charge in [0, 0.05) is 0 Å². The lowest BCUT2D eigenvalue weighted by Gasteiger charge is -2.02. The Labute approximate surface area is 86.2 Å². The zero-order valence-corrected chi connectivity index (χ0v) is 8.14. The Bertz CT molecular complexity index is 505. The van der Waals surface area contributed by atoms with Crippen LogP contribution >= 0.6 is 0 Å². The van der Waals surface area contributed by atoms with Crippen molar-refractivity contribution in [2.75, 3.05) is 0 Å². The van der Waals surface area contributed by atoms with E-state index in [2.05, 4.69) is 5.10 Å². The Morgan fingerprint density at radius 1 is 1.40 bits per heavy atom. The first-order valence-corrected chi connectivity index (χ1v) is 4.48. The van der Waals surface area contributed by atoms with Gasteiger partial charge in [-0.1, -0.05) is 6.07 Å². The molecule has 4 heteroatoms. The van der Waals surface area contributed by atoms with Crippen LogP contribution in [-0.4, -0.2) is 16.1 Å². The van der Waals surface area contributed by atoms with Crippen molar-refractivity contribution in [2.24, 2.45) is 0 Å². The van der Waals surface area contributed by atoms with Crippen molar-refractivity contribution in [3.8, 4) is 5.69 Å². The lowest BCUT2D eigenvalue weighted by Crippen LogP contribution is -2.01. The van der Waals surface area contributed by atoms with Gasteiger partial charge in [-0.25, -0.2) is 9.07 Å². The van der Waals surface area contributed by atoms with Gasteiger partial charge in [0.25, 0.3) is 0 Å². The van der Waals surface area contributed by atoms with E-state index in [4.69, 9.17) is 0 Å². The molecule has 3 nitrogen and oxygen atoms in total. The second-order valence-electron chi connectivity index (χ2n) is 3.22. The molecule has 0 unspecified atom stereocenters. The molecule has 1 aromatic carbocycles. The predicted octanol–water partition coefficient (Wildman–Crippen LogP) is 2.13. The Hall–Kier alpha value is -1.97. The second kappa shape index (κ2) is 3.65. The van der Waals surface area contributed by atoms with Crippen LogP contribution in [0.3, 0.4) is 0 Å². The standard InChI is InChI=1S/C11H9FN2O/c1-8-5-11(7-15)14(13-8)10-4-2-3-9(12)6-10/h2-7H,1H3. The third-order valence-electron chi connectivity index (χ3n) is 2.03. The minimum absolute atomic E-state index is 0.350. The number of aryl methyl sites for hydroxylation is 1. The van der Waals surface area contributed by atoms with Gasteiger partial charge in [0.2, 0.25) is 0 Å². The van der Waals surface area contributed by atoms with Gasteiger partial charge in [-0.3, -0.25) is 4.79 Å². The maximum atomic E-state index is 13.0. The molecule has 2 rings (SSSR count). The first-order valence-electron chi connectivity index (χ1n) is 4.48. The minimum Gasteiger partial charge on any atom is -0.296 e. The van der Waals surface area contributed by atoms with Crippen molar-refractivity contribution in [1.82, 2.24) is 9.78 Å². The van der Waals surface area contributed by atoms with E-state index in [9.17, 15) is 9.18 Å². The molecular weight excluding hydrogens is 195 g/mol. The summed E-state index contributed by atoms with van der Waals surface area (Å²) in [6.45, 7) is 1.78. The molecule has 1 aromatic heterocycles. The van der Waals surface area contributed by atoms with E-state index in [1.165, 1.54) is 16.8 Å². The third kappa shape index (κ3) is 1.79. The Kier molecular flexibility index (Phi) is 2.33. The molecule has 15 heavy (non-hydrogen) atoms. The van der Waals surface area contributed by atoms with Crippen LogP contribution in [0.15, 0.2) is 30.3 Å². The molecule has 0 radical (unpaired) electrons. The number of hydrogen-bond acceptors (Lipinski definition) is 2. The molecule has 1 heterocycles. The molecule has 2 aromatic rings. The summed E-state index contributed by atoms with van der Waals surface area (Å²) in [6, 6.07) is 7.61. The molecule has 0 saturated carbocycles. The molecule has 0 amide bonds. The summed E-state index contributed by atoms with van der Waals surface area (Å²) in [6.07, 6.45) is 0.699. The Morgan fingerprint density at radius 2 is 2.20 bits per heavy atom. The quantitative estimate of drug-likeness (QED) is 0.702. The summed E-state index contributed by atoms with van der Waals surface area (Å²) in [5.41, 5.74) is 1.68. The number of aromatic nitrogens is 2. The van der Waals surface area contributed by atoms with E-state index < -0.39 is 0 Å². The SMILES string of the molecule is Cc1cc(C=O)n(-c2cccc(F)c2)n1. The van der Waals surface area contributed by atoms with Gasteiger partial charge in [0.15, 0.2) is 6.29 Å². The van der Waals surface area contributed by atoms with Gasteiger partial charge in [-0.2, -0.15) is 5.10 Å². The average molecular weight is 204 g/mol. The highest BCUT2D eigenvalue weighted by Gasteiger charge is 2.06. The van der Waals surface area contributed by atoms with Crippen LogP contribution in [0.25, 0.3) is 5.69 Å². The lowest BCUT2D eigenvalue weighted by molar-refractivity contribution is 0.111. The zero-order chi connectivity index (χ0) is 10.8. The zero-order valence-electron chi connectivity index (χ0n) is 8.14. The number of aldehydes is 1. The fourth-order valence-electron chi connectivity index (χ4n) is 1.42. The number of nitrogens with zero attached hydrogens (tertiary/aromatic N) is 2. The molecule has 0 spiro atoms. The highest BCUT2D eigenvalue weighted by molar-refractivity contribution is 5.73. The molecule has 0 aliphatic rings. The first-order chi connectivity index (χ1) is 7.20. The predicted molar refractivity (Wildman–Crippen MR) is 53.6 cm³/mol. The highest BCUT2D eigenvalue weighted by Crippen LogP contribution is 2.12. The average Bonchev–Trinajstić information content (AvgIpc) is 2.59. The van der Waals surface area contributed by atoms with Gasteiger partial charge >= 0.3 is 0 Å². The van der Waals surface area contributed by atoms with E-state index in [1.54, 1.807) is 25.1 Å². The van der Waals surface area contributed by atoms with Crippen molar-refractivity contribution in [3.63, 3.8) is 0 Å². The Morgan fingerprint density at radius 3 is 2.87 bits per heavy atom. The fourth-order valence-corrected chi connectivity index (χ4v) is 1.42. The first kappa shape index (κ1) is 9.58. The monoisotopic (exact) mass is 204 g/mol. The highest BCUT2D eigenvalue weighted by atomic mass is 19.1. The number of halogens is 1. The van der Waals surface area contributed by atoms with E-state index in [0.29, 0.717) is 17.7 Å². The van der Waals surface area contributed by atoms with E-state index in [0.717, 1.165) is 5.69 Å². The van der Waals surface area contributed by atoms with Crippen molar-refractivity contribution in [1.29, 1.82) is 0 Å². The molecule has 0 atom stereocenters. The lowest BCUT2D eigenvalue weighted by atomic mass is 10.3. The Balaban J connectivity index is 2.57. The van der Waals surface area contributed by atoms with Crippen LogP contribution in [0.4, 0.5) is 4.39 Å². The molecule has 76 valence electrons. The van der Waals surface area contributed by atoms with Crippen molar-refractivity contribution >= 4 is 6.29 Å². The molecule has 0 N–H and O–H groups in total. The van der Waals surface area contributed by atoms with Crippen LogP contribution < -0.4 is 0 Å². The van der Waals surface area contributed by atoms with E-state index in [1.807, 2.05) is 0 Å². The van der Waals surface area contributed by atoms with Crippen LogP contribution in [0.5, 0.6) is 0 Å². The minimum atomic E-state index is -0.350. The van der Waals surface area contributed by atoms with Crippen LogP contribution in [0.2, 0.25) is 0 Å². The summed E-state index contributed by atoms with van der Waals surface area (Å²) in [4.78, 5) is 10.7. The smallest absolute Gasteiger partial charge is 0.168 e. The van der Waals surface area contributed by atoms with Crippen LogP contribution in [0, 0.1) is 12.7 Å². The van der Waals surface area contributed by atoms with Crippen molar-refractivity contribution in [2.45, 2.75) is 6.92 Å². The maximum Gasteiger partial charge on any atom is 0.168 e. The molecule has 0 saturated heterocycles.